The summed E-state index contributed by atoms with van der Waals surface area (Å²) < 4.78 is 13.2. The van der Waals surface area contributed by atoms with Crippen molar-refractivity contribution < 1.29 is 14.0 Å². The summed E-state index contributed by atoms with van der Waals surface area (Å²) >= 11 is 0. The van der Waals surface area contributed by atoms with Gasteiger partial charge in [0.05, 0.1) is 18.2 Å². The van der Waals surface area contributed by atoms with Crippen molar-refractivity contribution in [2.75, 3.05) is 6.54 Å². The van der Waals surface area contributed by atoms with Crippen molar-refractivity contribution in [3.05, 3.63) is 71.5 Å². The van der Waals surface area contributed by atoms with Crippen LogP contribution in [-0.2, 0) is 16.1 Å². The van der Waals surface area contributed by atoms with Crippen molar-refractivity contribution in [1.82, 2.24) is 5.32 Å². The summed E-state index contributed by atoms with van der Waals surface area (Å²) in [6.45, 7) is 2.29. The maximum absolute atomic E-state index is 13.2. The molecular formula is C20H21FN2O2. The van der Waals surface area contributed by atoms with E-state index in [-0.39, 0.29) is 23.7 Å². The summed E-state index contributed by atoms with van der Waals surface area (Å²) in [5, 5.41) is 6.99. The van der Waals surface area contributed by atoms with Gasteiger partial charge in [-0.1, -0.05) is 47.6 Å². The lowest BCUT2D eigenvalue weighted by atomic mass is 10.0. The second-order valence-electron chi connectivity index (χ2n) is 6.27. The van der Waals surface area contributed by atoms with Gasteiger partial charge in [-0.3, -0.25) is 4.79 Å². The molecule has 0 unspecified atom stereocenters. The van der Waals surface area contributed by atoms with E-state index < -0.39 is 0 Å². The number of carbonyl (C=O) groups excluding carboxylic acids is 1. The maximum Gasteiger partial charge on any atom is 0.227 e. The fourth-order valence-electron chi connectivity index (χ4n) is 2.84. The molecule has 25 heavy (non-hydrogen) atoms. The Labute approximate surface area is 146 Å². The van der Waals surface area contributed by atoms with E-state index >= 15 is 0 Å². The van der Waals surface area contributed by atoms with Gasteiger partial charge in [0, 0.05) is 12.8 Å². The third-order valence-electron chi connectivity index (χ3n) is 4.29. The van der Waals surface area contributed by atoms with E-state index in [0.29, 0.717) is 19.4 Å². The van der Waals surface area contributed by atoms with Gasteiger partial charge >= 0.3 is 0 Å². The number of nitrogens with zero attached hydrogens (tertiary/aromatic N) is 1. The first-order valence-electron chi connectivity index (χ1n) is 8.40. The monoisotopic (exact) mass is 340 g/mol. The summed E-state index contributed by atoms with van der Waals surface area (Å²) in [5.74, 6) is -0.501. The van der Waals surface area contributed by atoms with Crippen LogP contribution in [0.2, 0.25) is 0 Å². The Bertz CT molecular complexity index is 761. The molecule has 1 amide bonds. The van der Waals surface area contributed by atoms with Gasteiger partial charge < -0.3 is 10.2 Å². The van der Waals surface area contributed by atoms with E-state index in [1.165, 1.54) is 12.1 Å². The zero-order valence-corrected chi connectivity index (χ0v) is 14.1. The Morgan fingerprint density at radius 1 is 1.28 bits per heavy atom. The molecule has 4 nitrogen and oxygen atoms in total. The number of rotatable bonds is 6. The largest absolute Gasteiger partial charge is 0.390 e. The van der Waals surface area contributed by atoms with E-state index in [1.54, 1.807) is 6.07 Å². The average molecular weight is 340 g/mol. The lowest BCUT2D eigenvalue weighted by Gasteiger charge is -2.14. The minimum absolute atomic E-state index is 0.0339. The molecule has 0 radical (unpaired) electrons. The Balaban J connectivity index is 1.45. The molecule has 2 aromatic carbocycles. The number of hydrogen-bond donors (Lipinski definition) is 1. The molecule has 0 saturated carbocycles. The summed E-state index contributed by atoms with van der Waals surface area (Å²) in [6, 6.07) is 16.1. The Kier molecular flexibility index (Phi) is 5.43. The van der Waals surface area contributed by atoms with Crippen LogP contribution in [0, 0.1) is 5.82 Å². The van der Waals surface area contributed by atoms with Crippen LogP contribution >= 0.6 is 0 Å². The quantitative estimate of drug-likeness (QED) is 0.876. The number of hydrogen-bond acceptors (Lipinski definition) is 3. The molecule has 1 N–H and O–H groups in total. The summed E-state index contributed by atoms with van der Waals surface area (Å²) in [5.41, 5.74) is 2.71. The molecule has 0 saturated heterocycles. The van der Waals surface area contributed by atoms with Gasteiger partial charge in [-0.15, -0.1) is 0 Å². The van der Waals surface area contributed by atoms with Crippen LogP contribution in [0.1, 0.15) is 30.4 Å². The molecule has 0 aromatic heterocycles. The normalized spacial score (nSPS) is 17.5. The minimum Gasteiger partial charge on any atom is -0.390 e. The van der Waals surface area contributed by atoms with Gasteiger partial charge in [0.15, 0.2) is 0 Å². The van der Waals surface area contributed by atoms with Crippen molar-refractivity contribution in [1.29, 1.82) is 0 Å². The molecule has 3 rings (SSSR count). The van der Waals surface area contributed by atoms with Gasteiger partial charge in [0.2, 0.25) is 5.91 Å². The lowest BCUT2D eigenvalue weighted by Crippen LogP contribution is -2.35. The molecular weight excluding hydrogens is 319 g/mol. The van der Waals surface area contributed by atoms with Crippen LogP contribution in [0.25, 0.3) is 0 Å². The number of carbonyl (C=O) groups is 1. The smallest absolute Gasteiger partial charge is 0.227 e. The highest BCUT2D eigenvalue weighted by Gasteiger charge is 2.23. The van der Waals surface area contributed by atoms with Crippen LogP contribution < -0.4 is 5.32 Å². The van der Waals surface area contributed by atoms with Crippen molar-refractivity contribution in [3.8, 4) is 0 Å². The third-order valence-corrected chi connectivity index (χ3v) is 4.29. The van der Waals surface area contributed by atoms with Crippen molar-refractivity contribution in [2.45, 2.75) is 31.8 Å². The van der Waals surface area contributed by atoms with E-state index in [9.17, 15) is 9.18 Å². The number of amides is 1. The molecule has 0 spiro atoms. The van der Waals surface area contributed by atoms with E-state index in [0.717, 1.165) is 16.8 Å². The van der Waals surface area contributed by atoms with Gasteiger partial charge in [-0.05, 0) is 30.2 Å². The van der Waals surface area contributed by atoms with Gasteiger partial charge in [-0.2, -0.15) is 0 Å². The highest BCUT2D eigenvalue weighted by molar-refractivity contribution is 5.87. The van der Waals surface area contributed by atoms with E-state index in [4.69, 9.17) is 4.84 Å². The second kappa shape index (κ2) is 7.92. The second-order valence-corrected chi connectivity index (χ2v) is 6.27. The fraction of sp³-hybridized carbons (Fsp3) is 0.300. The summed E-state index contributed by atoms with van der Waals surface area (Å²) in [7, 11) is 0. The molecule has 1 aliphatic rings. The number of nitrogens with one attached hydrogen (secondary N) is 1. The van der Waals surface area contributed by atoms with Crippen molar-refractivity contribution >= 4 is 11.6 Å². The van der Waals surface area contributed by atoms with Gasteiger partial charge in [0.1, 0.15) is 11.9 Å². The zero-order valence-electron chi connectivity index (χ0n) is 14.1. The van der Waals surface area contributed by atoms with Crippen molar-refractivity contribution in [2.24, 2.45) is 5.16 Å². The molecule has 5 heteroatoms. The standard InChI is InChI=1S/C20H21FN2O2/c1-14(16-7-3-2-4-8-16)20(24)22-13-19-12-18(23-25-19)11-15-6-5-9-17(21)10-15/h2-10,14,19H,11-13H2,1H3,(H,22,24)/t14-,19+/m0/s1. The predicted molar refractivity (Wildman–Crippen MR) is 94.9 cm³/mol. The molecule has 130 valence electrons. The number of halogens is 1. The third kappa shape index (κ3) is 4.66. The SMILES string of the molecule is C[C@H](C(=O)NC[C@H]1CC(Cc2cccc(F)c2)=NO1)c1ccccc1. The topological polar surface area (TPSA) is 50.7 Å². The molecule has 1 heterocycles. The first-order valence-corrected chi connectivity index (χ1v) is 8.40. The number of benzene rings is 2. The molecule has 1 aliphatic heterocycles. The molecule has 0 fully saturated rings. The van der Waals surface area contributed by atoms with Gasteiger partial charge in [-0.25, -0.2) is 4.39 Å². The predicted octanol–water partition coefficient (Wildman–Crippen LogP) is 3.43. The molecule has 0 aliphatic carbocycles. The zero-order chi connectivity index (χ0) is 17.6. The van der Waals surface area contributed by atoms with Crippen LogP contribution in [0.5, 0.6) is 0 Å². The molecule has 0 bridgehead atoms. The van der Waals surface area contributed by atoms with E-state index in [1.807, 2.05) is 43.3 Å². The molecule has 2 aromatic rings. The molecule has 2 atom stereocenters. The Hall–Kier alpha value is -2.69. The number of oxime groups is 1. The summed E-state index contributed by atoms with van der Waals surface area (Å²) in [4.78, 5) is 17.6. The Morgan fingerprint density at radius 3 is 2.84 bits per heavy atom. The average Bonchev–Trinajstić information content (AvgIpc) is 3.07. The van der Waals surface area contributed by atoms with Crippen LogP contribution in [-0.4, -0.2) is 24.3 Å². The van der Waals surface area contributed by atoms with Crippen LogP contribution in [0.4, 0.5) is 4.39 Å². The van der Waals surface area contributed by atoms with Crippen molar-refractivity contribution in [3.63, 3.8) is 0 Å². The highest BCUT2D eigenvalue weighted by atomic mass is 19.1. The Morgan fingerprint density at radius 2 is 2.08 bits per heavy atom. The van der Waals surface area contributed by atoms with Gasteiger partial charge in [0.25, 0.3) is 0 Å². The van der Waals surface area contributed by atoms with Crippen LogP contribution in [0.15, 0.2) is 59.8 Å². The highest BCUT2D eigenvalue weighted by Crippen LogP contribution is 2.17. The maximum atomic E-state index is 13.2. The van der Waals surface area contributed by atoms with E-state index in [2.05, 4.69) is 10.5 Å². The van der Waals surface area contributed by atoms with Crippen LogP contribution in [0.3, 0.4) is 0 Å². The minimum atomic E-state index is -0.254. The summed E-state index contributed by atoms with van der Waals surface area (Å²) in [6.07, 6.45) is 1.02. The first kappa shape index (κ1) is 17.1. The lowest BCUT2D eigenvalue weighted by molar-refractivity contribution is -0.122. The fourth-order valence-corrected chi connectivity index (χ4v) is 2.84. The first-order chi connectivity index (χ1) is 12.1.